The Labute approximate surface area is 368 Å². The third kappa shape index (κ3) is 7.56. The quantitative estimate of drug-likeness (QED) is 0.280. The smallest absolute Gasteiger partial charge is 0.265 e. The van der Waals surface area contributed by atoms with E-state index in [9.17, 15) is 29.2 Å². The van der Waals surface area contributed by atoms with Gasteiger partial charge in [0.1, 0.15) is 35.6 Å². The van der Waals surface area contributed by atoms with Gasteiger partial charge in [-0.25, -0.2) is 13.8 Å². The molecule has 17 heteroatoms. The number of hydrogen-bond acceptors (Lipinski definition) is 11. The molecule has 61 heavy (non-hydrogen) atoms. The number of nitriles is 1. The van der Waals surface area contributed by atoms with Crippen LogP contribution in [-0.4, -0.2) is 108 Å². The highest BCUT2D eigenvalue weighted by atomic mass is 35.5. The molecule has 3 saturated heterocycles. The van der Waals surface area contributed by atoms with Crippen molar-refractivity contribution in [3.63, 3.8) is 0 Å². The van der Waals surface area contributed by atoms with Crippen LogP contribution in [0, 0.1) is 39.7 Å². The van der Waals surface area contributed by atoms with Crippen LogP contribution in [0.25, 0.3) is 0 Å². The zero-order valence-electron chi connectivity index (χ0n) is 41.6. The number of hydrogen-bond donors (Lipinski definition) is 2. The van der Waals surface area contributed by atoms with Gasteiger partial charge in [0.2, 0.25) is 11.8 Å². The zero-order valence-corrected chi connectivity index (χ0v) is 34.3. The number of carbonyl (C=O) groups is 5. The van der Waals surface area contributed by atoms with Crippen LogP contribution < -0.4 is 25.2 Å². The van der Waals surface area contributed by atoms with E-state index in [0.29, 0.717) is 40.7 Å². The summed E-state index contributed by atoms with van der Waals surface area (Å²) in [6.45, 7) is -6.20. The lowest BCUT2D eigenvalue weighted by atomic mass is 9.49. The number of piperidine rings is 2. The average molecular weight is 865 g/mol. The van der Waals surface area contributed by atoms with Crippen molar-refractivity contribution >= 4 is 52.6 Å². The molecular weight excluding hydrogens is 810 g/mol. The largest absolute Gasteiger partial charge is 0.489 e. The molecule has 320 valence electrons. The second-order valence-electron chi connectivity index (χ2n) is 16.9. The van der Waals surface area contributed by atoms with E-state index in [1.807, 2.05) is 44.0 Å². The van der Waals surface area contributed by atoms with E-state index in [-0.39, 0.29) is 64.6 Å². The number of rotatable bonds is 9. The van der Waals surface area contributed by atoms with Gasteiger partial charge in [0.25, 0.3) is 17.7 Å². The van der Waals surface area contributed by atoms with E-state index in [1.54, 1.807) is 30.3 Å². The van der Waals surface area contributed by atoms with Crippen molar-refractivity contribution in [1.29, 1.82) is 5.26 Å². The van der Waals surface area contributed by atoms with Gasteiger partial charge in [0, 0.05) is 92.7 Å². The molecule has 0 bridgehead atoms. The molecule has 1 aromatic heterocycles. The molecule has 14 nitrogen and oxygen atoms in total. The molecule has 2 aromatic carbocycles. The number of piperazine rings is 1. The lowest BCUT2D eigenvalue weighted by molar-refractivity contribution is -0.164. The molecule has 2 N–H and O–H groups in total. The molecule has 1 atom stereocenters. The van der Waals surface area contributed by atoms with Gasteiger partial charge < -0.3 is 19.9 Å². The number of fused-ring (bicyclic) bond motifs is 1. The summed E-state index contributed by atoms with van der Waals surface area (Å²) in [6.07, 6.45) is 1.03. The Morgan fingerprint density at radius 2 is 1.67 bits per heavy atom. The first-order valence-electron chi connectivity index (χ1n) is 23.7. The van der Waals surface area contributed by atoms with Crippen molar-refractivity contribution in [2.45, 2.75) is 71.6 Å². The van der Waals surface area contributed by atoms with Gasteiger partial charge in [-0.3, -0.25) is 39.1 Å². The number of pyridine rings is 1. The molecular formula is C44H47ClF2N8O6. The minimum atomic E-state index is -3.67. The van der Waals surface area contributed by atoms with Gasteiger partial charge in [-0.05, 0) is 49.4 Å². The summed E-state index contributed by atoms with van der Waals surface area (Å²) in [5, 5.41) is 14.6. The van der Waals surface area contributed by atoms with Crippen molar-refractivity contribution in [3.8, 4) is 11.8 Å². The molecule has 4 aliphatic heterocycles. The Hall–Kier alpha value is -5.66. The fourth-order valence-electron chi connectivity index (χ4n) is 9.34. The first-order chi connectivity index (χ1) is 32.0. The Morgan fingerprint density at radius 1 is 0.984 bits per heavy atom. The van der Waals surface area contributed by atoms with Gasteiger partial charge in [-0.15, -0.1) is 0 Å². The first-order valence-corrected chi connectivity index (χ1v) is 20.1. The zero-order chi connectivity index (χ0) is 50.7. The van der Waals surface area contributed by atoms with Crippen LogP contribution in [0.5, 0.6) is 5.75 Å². The maximum absolute atomic E-state index is 16.6. The van der Waals surface area contributed by atoms with Crippen LogP contribution >= 0.6 is 11.6 Å². The summed E-state index contributed by atoms with van der Waals surface area (Å²) >= 11 is 6.22. The minimum absolute atomic E-state index is 0.187. The number of nitrogens with one attached hydrogen (secondary N) is 2. The molecule has 1 unspecified atom stereocenters. The predicted molar refractivity (Wildman–Crippen MR) is 220 cm³/mol. The van der Waals surface area contributed by atoms with Crippen molar-refractivity contribution in [3.05, 3.63) is 81.5 Å². The highest BCUT2D eigenvalue weighted by molar-refractivity contribution is 6.31. The summed E-state index contributed by atoms with van der Waals surface area (Å²) in [6, 6.07) is 8.41. The third-order valence-electron chi connectivity index (χ3n) is 12.2. The Morgan fingerprint density at radius 3 is 2.30 bits per heavy atom. The van der Waals surface area contributed by atoms with Gasteiger partial charge in [0.15, 0.2) is 5.82 Å². The normalized spacial score (nSPS) is 29.1. The van der Waals surface area contributed by atoms with Crippen LogP contribution in [0.4, 0.5) is 20.3 Å². The first kappa shape index (κ1) is 33.0. The summed E-state index contributed by atoms with van der Waals surface area (Å²) in [4.78, 5) is 71.5. The van der Waals surface area contributed by atoms with E-state index in [0.717, 1.165) is 0 Å². The van der Waals surface area contributed by atoms with Gasteiger partial charge in [-0.1, -0.05) is 39.3 Å². The predicted octanol–water partition coefficient (Wildman–Crippen LogP) is 4.94. The van der Waals surface area contributed by atoms with Crippen LogP contribution in [0.1, 0.15) is 101 Å². The van der Waals surface area contributed by atoms with Crippen LogP contribution in [0.15, 0.2) is 42.6 Å². The van der Waals surface area contributed by atoms with Crippen LogP contribution in [0.3, 0.4) is 0 Å². The standard InChI is InChI=1S/C44H47ClF2N8O6/c1-43(2)41(44(3,4)42(43)61-27-7-5-25(21-48)28(45)19-27)51-37(57)26-6-9-32(49-22-26)54-13-11-24(12-14-54)23-52-15-17-53(18-16-52)31-20-29(46)34-35(36(31)47)40(60)55(39(34)59)30-8-10-33(56)50-38(30)58/h5-7,9,19-20,22,24,30,41-42H,8,10-18,23H2,1-4H3,(H,51,57)(H,50,56,58)/i15D2,16D2,17D2,18D2. The maximum Gasteiger partial charge on any atom is 0.265 e. The average Bonchev–Trinajstić information content (AvgIpc) is 3.54. The molecule has 0 spiro atoms. The number of aromatic nitrogens is 1. The molecule has 8 rings (SSSR count). The van der Waals surface area contributed by atoms with Crippen molar-refractivity contribution in [2.24, 2.45) is 16.7 Å². The van der Waals surface area contributed by atoms with Gasteiger partial charge >= 0.3 is 0 Å². The highest BCUT2D eigenvalue weighted by Crippen LogP contribution is 2.55. The fraction of sp³-hybridized carbons (Fsp3) is 0.477. The molecule has 1 saturated carbocycles. The van der Waals surface area contributed by atoms with Gasteiger partial charge in [0.05, 0.1) is 38.4 Å². The number of ether oxygens (including phenoxy) is 1. The SMILES string of the molecule is [2H]C1([2H])N(CC2CCN(c3ccc(C(=O)NC4C(C)(C)C(Oc5ccc(C#N)c(Cl)c5)C4(C)C)cn3)CC2)C([2H])([2H])C([2H])([2H])N(c2cc(F)c3c(c2F)C(=O)N(C2CCC(=O)NC2=O)C3=O)C1([2H])[2H]. The summed E-state index contributed by atoms with van der Waals surface area (Å²) < 4.78 is 110. The second kappa shape index (κ2) is 16.0. The van der Waals surface area contributed by atoms with Crippen LogP contribution in [-0.2, 0) is 9.59 Å². The molecule has 0 radical (unpaired) electrons. The van der Waals surface area contributed by atoms with E-state index >= 15 is 8.78 Å². The molecule has 5 heterocycles. The number of nitrogens with zero attached hydrogens (tertiary/aromatic N) is 6. The van der Waals surface area contributed by atoms with E-state index in [1.165, 1.54) is 6.20 Å². The van der Waals surface area contributed by atoms with Crippen molar-refractivity contribution < 1.29 is 48.5 Å². The number of imide groups is 2. The second-order valence-corrected chi connectivity index (χ2v) is 17.3. The molecule has 5 amide bonds. The summed E-state index contributed by atoms with van der Waals surface area (Å²) in [5.74, 6) is -8.13. The fourth-order valence-corrected chi connectivity index (χ4v) is 9.55. The van der Waals surface area contributed by atoms with Crippen molar-refractivity contribution in [1.82, 2.24) is 25.4 Å². The number of halogens is 3. The summed E-state index contributed by atoms with van der Waals surface area (Å²) in [5.41, 5.74) is -4.21. The molecule has 4 fully saturated rings. The lowest BCUT2D eigenvalue weighted by Crippen LogP contribution is -2.74. The number of anilines is 2. The molecule has 1 aliphatic carbocycles. The van der Waals surface area contributed by atoms with E-state index in [2.05, 4.69) is 10.3 Å². The maximum atomic E-state index is 16.6. The summed E-state index contributed by atoms with van der Waals surface area (Å²) in [7, 11) is 0. The van der Waals surface area contributed by atoms with Gasteiger partial charge in [-0.2, -0.15) is 5.26 Å². The van der Waals surface area contributed by atoms with Crippen LogP contribution in [0.2, 0.25) is 5.02 Å². The van der Waals surface area contributed by atoms with E-state index in [4.69, 9.17) is 27.3 Å². The monoisotopic (exact) mass is 864 g/mol. The number of carbonyl (C=O) groups excluding carboxylic acids is 5. The number of benzene rings is 2. The Kier molecular flexibility index (Phi) is 8.66. The highest BCUT2D eigenvalue weighted by Gasteiger charge is 2.64. The molecule has 3 aromatic rings. The molecule has 5 aliphatic rings. The topological polar surface area (TPSA) is 168 Å². The third-order valence-corrected chi connectivity index (χ3v) is 12.6. The lowest BCUT2D eigenvalue weighted by Gasteiger charge is -2.63. The number of amides is 5. The Bertz CT molecular complexity index is 2690. The van der Waals surface area contributed by atoms with Crippen molar-refractivity contribution in [2.75, 3.05) is 55.4 Å². The Balaban J connectivity index is 0.930. The minimum Gasteiger partial charge on any atom is -0.489 e. The van der Waals surface area contributed by atoms with E-state index < -0.39 is 107 Å².